The molecule has 2 saturated heterocycles. The molecular weight excluding hydrogens is 433 g/mol. The number of nitrogens with one attached hydrogen (secondary N) is 1. The van der Waals surface area contributed by atoms with Gasteiger partial charge in [0.05, 0.1) is 6.10 Å². The molecule has 25 heavy (non-hydrogen) atoms. The van der Waals surface area contributed by atoms with Crippen LogP contribution in [0, 0.1) is 5.92 Å². The molecule has 2 rings (SSSR count). The highest BCUT2D eigenvalue weighted by molar-refractivity contribution is 14.0. The number of halogens is 1. The molecule has 2 aliphatic heterocycles. The van der Waals surface area contributed by atoms with Crippen LogP contribution in [0.3, 0.4) is 0 Å². The molecule has 0 unspecified atom stereocenters. The summed E-state index contributed by atoms with van der Waals surface area (Å²) < 4.78 is 16.7. The molecule has 0 aromatic heterocycles. The van der Waals surface area contributed by atoms with Crippen molar-refractivity contribution in [2.24, 2.45) is 10.9 Å². The van der Waals surface area contributed by atoms with E-state index >= 15 is 0 Å². The largest absolute Gasteiger partial charge is 0.381 e. The molecular formula is C18H36IN3O3. The van der Waals surface area contributed by atoms with Crippen molar-refractivity contribution in [1.29, 1.82) is 0 Å². The molecule has 0 saturated carbocycles. The summed E-state index contributed by atoms with van der Waals surface area (Å²) in [4.78, 5) is 6.62. The Morgan fingerprint density at radius 1 is 1.12 bits per heavy atom. The van der Waals surface area contributed by atoms with Crippen LogP contribution in [0.25, 0.3) is 0 Å². The minimum absolute atomic E-state index is 0. The highest BCUT2D eigenvalue weighted by Crippen LogP contribution is 2.18. The van der Waals surface area contributed by atoms with E-state index in [4.69, 9.17) is 14.2 Å². The van der Waals surface area contributed by atoms with Crippen LogP contribution in [0.5, 0.6) is 0 Å². The van der Waals surface area contributed by atoms with Gasteiger partial charge in [0, 0.05) is 60.2 Å². The standard InChI is InChI=1S/C18H35N3O3.HI/c1-19-18(21(2)10-4-16-5-12-22-13-6-16)20-9-3-11-24-17-7-14-23-15-8-17;/h16-17H,3-15H2,1-2H3,(H,19,20);1H. The van der Waals surface area contributed by atoms with Gasteiger partial charge in [-0.05, 0) is 44.4 Å². The first-order chi connectivity index (χ1) is 11.8. The van der Waals surface area contributed by atoms with Gasteiger partial charge in [-0.15, -0.1) is 24.0 Å². The molecule has 0 aromatic rings. The zero-order valence-electron chi connectivity index (χ0n) is 15.9. The second-order valence-corrected chi connectivity index (χ2v) is 6.78. The van der Waals surface area contributed by atoms with E-state index in [1.165, 1.54) is 19.3 Å². The van der Waals surface area contributed by atoms with Gasteiger partial charge in [0.25, 0.3) is 0 Å². The van der Waals surface area contributed by atoms with E-state index in [1.54, 1.807) is 0 Å². The third-order valence-corrected chi connectivity index (χ3v) is 4.91. The summed E-state index contributed by atoms with van der Waals surface area (Å²) in [6.07, 6.45) is 7.07. The molecule has 0 amide bonds. The van der Waals surface area contributed by atoms with Crippen LogP contribution >= 0.6 is 24.0 Å². The Kier molecular flexibility index (Phi) is 12.8. The van der Waals surface area contributed by atoms with E-state index in [1.807, 2.05) is 7.05 Å². The minimum atomic E-state index is 0. The van der Waals surface area contributed by atoms with E-state index < -0.39 is 0 Å². The smallest absolute Gasteiger partial charge is 0.193 e. The number of hydrogen-bond donors (Lipinski definition) is 1. The summed E-state index contributed by atoms with van der Waals surface area (Å²) in [7, 11) is 3.97. The lowest BCUT2D eigenvalue weighted by molar-refractivity contribution is -0.0320. The maximum atomic E-state index is 5.90. The summed E-state index contributed by atoms with van der Waals surface area (Å²) in [5, 5.41) is 3.44. The Morgan fingerprint density at radius 2 is 1.76 bits per heavy atom. The van der Waals surface area contributed by atoms with Crippen LogP contribution < -0.4 is 5.32 Å². The summed E-state index contributed by atoms with van der Waals surface area (Å²) in [5.41, 5.74) is 0. The Hall–Kier alpha value is -0.120. The topological polar surface area (TPSA) is 55.3 Å². The molecule has 0 spiro atoms. The van der Waals surface area contributed by atoms with Crippen molar-refractivity contribution >= 4 is 29.9 Å². The van der Waals surface area contributed by atoms with Crippen molar-refractivity contribution in [1.82, 2.24) is 10.2 Å². The monoisotopic (exact) mass is 469 g/mol. The molecule has 0 aliphatic carbocycles. The Balaban J connectivity index is 0.00000312. The number of guanidine groups is 1. The molecule has 2 aliphatic rings. The first-order valence-corrected chi connectivity index (χ1v) is 9.48. The molecule has 0 atom stereocenters. The average molecular weight is 469 g/mol. The van der Waals surface area contributed by atoms with Crippen molar-refractivity contribution in [3.63, 3.8) is 0 Å². The number of ether oxygens (including phenoxy) is 3. The molecule has 148 valence electrons. The SMILES string of the molecule is CN=C(NCCCOC1CCOCC1)N(C)CCC1CCOCC1.I. The van der Waals surface area contributed by atoms with Gasteiger partial charge in [-0.1, -0.05) is 0 Å². The summed E-state index contributed by atoms with van der Waals surface area (Å²) >= 11 is 0. The average Bonchev–Trinajstić information content (AvgIpc) is 2.64. The summed E-state index contributed by atoms with van der Waals surface area (Å²) in [6, 6.07) is 0. The maximum absolute atomic E-state index is 5.90. The number of nitrogens with zero attached hydrogens (tertiary/aromatic N) is 2. The predicted molar refractivity (Wildman–Crippen MR) is 112 cm³/mol. The van der Waals surface area contributed by atoms with Crippen molar-refractivity contribution in [3.05, 3.63) is 0 Å². The zero-order chi connectivity index (χ0) is 17.0. The summed E-state index contributed by atoms with van der Waals surface area (Å²) in [6.45, 7) is 6.28. The van der Waals surface area contributed by atoms with Crippen molar-refractivity contribution in [2.75, 3.05) is 60.2 Å². The third kappa shape index (κ3) is 9.40. The van der Waals surface area contributed by atoms with Gasteiger partial charge in [0.2, 0.25) is 0 Å². The molecule has 2 heterocycles. The Bertz CT molecular complexity index is 359. The van der Waals surface area contributed by atoms with Crippen LogP contribution in [0.4, 0.5) is 0 Å². The first kappa shape index (κ1) is 22.9. The van der Waals surface area contributed by atoms with E-state index in [9.17, 15) is 0 Å². The van der Waals surface area contributed by atoms with Crippen LogP contribution in [-0.4, -0.2) is 77.2 Å². The predicted octanol–water partition coefficient (Wildman–Crippen LogP) is 2.51. The van der Waals surface area contributed by atoms with Crippen molar-refractivity contribution < 1.29 is 14.2 Å². The number of hydrogen-bond acceptors (Lipinski definition) is 4. The molecule has 7 heteroatoms. The lowest BCUT2D eigenvalue weighted by atomic mass is 9.96. The van der Waals surface area contributed by atoms with Gasteiger partial charge in [-0.3, -0.25) is 4.99 Å². The van der Waals surface area contributed by atoms with Gasteiger partial charge >= 0.3 is 0 Å². The second kappa shape index (κ2) is 14.0. The Labute approximate surface area is 170 Å². The van der Waals surface area contributed by atoms with Gasteiger partial charge in [-0.2, -0.15) is 0 Å². The van der Waals surface area contributed by atoms with E-state index in [0.717, 1.165) is 77.3 Å². The van der Waals surface area contributed by atoms with Crippen molar-refractivity contribution in [2.45, 2.75) is 44.6 Å². The van der Waals surface area contributed by atoms with E-state index in [0.29, 0.717) is 6.10 Å². The lowest BCUT2D eigenvalue weighted by Gasteiger charge is -2.27. The normalized spacial score (nSPS) is 20.2. The highest BCUT2D eigenvalue weighted by atomic mass is 127. The fraction of sp³-hybridized carbons (Fsp3) is 0.944. The van der Waals surface area contributed by atoms with Gasteiger partial charge in [0.1, 0.15) is 0 Å². The number of rotatable bonds is 8. The summed E-state index contributed by atoms with van der Waals surface area (Å²) in [5.74, 6) is 1.78. The van der Waals surface area contributed by atoms with Crippen LogP contribution in [0.1, 0.15) is 38.5 Å². The van der Waals surface area contributed by atoms with E-state index in [2.05, 4.69) is 22.3 Å². The van der Waals surface area contributed by atoms with Gasteiger partial charge in [-0.25, -0.2) is 0 Å². The molecule has 1 N–H and O–H groups in total. The first-order valence-electron chi connectivity index (χ1n) is 9.48. The molecule has 0 aromatic carbocycles. The molecule has 0 bridgehead atoms. The quantitative estimate of drug-likeness (QED) is 0.256. The molecule has 6 nitrogen and oxygen atoms in total. The highest BCUT2D eigenvalue weighted by Gasteiger charge is 2.16. The van der Waals surface area contributed by atoms with Gasteiger partial charge < -0.3 is 24.4 Å². The number of aliphatic imine (C=N–C) groups is 1. The Morgan fingerprint density at radius 3 is 2.40 bits per heavy atom. The van der Waals surface area contributed by atoms with Gasteiger partial charge in [0.15, 0.2) is 5.96 Å². The fourth-order valence-corrected chi connectivity index (χ4v) is 3.27. The molecule has 0 radical (unpaired) electrons. The van der Waals surface area contributed by atoms with Crippen LogP contribution in [0.15, 0.2) is 4.99 Å². The lowest BCUT2D eigenvalue weighted by Crippen LogP contribution is -2.40. The maximum Gasteiger partial charge on any atom is 0.193 e. The zero-order valence-corrected chi connectivity index (χ0v) is 18.2. The van der Waals surface area contributed by atoms with E-state index in [-0.39, 0.29) is 24.0 Å². The van der Waals surface area contributed by atoms with Crippen molar-refractivity contribution in [3.8, 4) is 0 Å². The fourth-order valence-electron chi connectivity index (χ4n) is 3.27. The molecule has 2 fully saturated rings. The van der Waals surface area contributed by atoms with Crippen LogP contribution in [-0.2, 0) is 14.2 Å². The second-order valence-electron chi connectivity index (χ2n) is 6.78. The minimum Gasteiger partial charge on any atom is -0.381 e. The van der Waals surface area contributed by atoms with Crippen LogP contribution in [0.2, 0.25) is 0 Å². The third-order valence-electron chi connectivity index (χ3n) is 4.91.